The largest absolute Gasteiger partial charge is 0.466 e. The molecule has 2 aromatic carbocycles. The van der Waals surface area contributed by atoms with Gasteiger partial charge in [0.15, 0.2) is 0 Å². The van der Waals surface area contributed by atoms with Gasteiger partial charge in [0.2, 0.25) is 0 Å². The van der Waals surface area contributed by atoms with Crippen molar-refractivity contribution in [3.05, 3.63) is 59.7 Å². The highest BCUT2D eigenvalue weighted by Gasteiger charge is 2.32. The number of ether oxygens (including phenoxy) is 2. The van der Waals surface area contributed by atoms with Gasteiger partial charge in [-0.3, -0.25) is 4.79 Å². The molecule has 1 unspecified atom stereocenters. The Bertz CT molecular complexity index is 833. The third kappa shape index (κ3) is 3.49. The maximum Gasteiger partial charge on any atom is 0.409 e. The second-order valence-corrected chi connectivity index (χ2v) is 7.34. The SMILES string of the molecule is CCOC(=O)C1CCCN(C(=O)OCC2c3ccccc3-c3ccccc32)C1. The van der Waals surface area contributed by atoms with E-state index in [4.69, 9.17) is 9.47 Å². The van der Waals surface area contributed by atoms with Gasteiger partial charge in [-0.25, -0.2) is 4.79 Å². The summed E-state index contributed by atoms with van der Waals surface area (Å²) in [5.41, 5.74) is 4.80. The number of amides is 1. The van der Waals surface area contributed by atoms with Gasteiger partial charge in [0.05, 0.1) is 12.5 Å². The first-order valence-electron chi connectivity index (χ1n) is 9.95. The van der Waals surface area contributed by atoms with Crippen molar-refractivity contribution in [2.24, 2.45) is 5.92 Å². The molecule has 28 heavy (non-hydrogen) atoms. The van der Waals surface area contributed by atoms with Gasteiger partial charge < -0.3 is 14.4 Å². The maximum atomic E-state index is 12.7. The van der Waals surface area contributed by atoms with Crippen molar-refractivity contribution < 1.29 is 19.1 Å². The van der Waals surface area contributed by atoms with Crippen molar-refractivity contribution in [2.45, 2.75) is 25.7 Å². The van der Waals surface area contributed by atoms with Gasteiger partial charge in [0.25, 0.3) is 0 Å². The molecule has 1 heterocycles. The fourth-order valence-electron chi connectivity index (χ4n) is 4.28. The molecule has 0 spiro atoms. The number of benzene rings is 2. The zero-order valence-corrected chi connectivity index (χ0v) is 16.1. The van der Waals surface area contributed by atoms with E-state index < -0.39 is 0 Å². The van der Waals surface area contributed by atoms with Crippen LogP contribution in [0.5, 0.6) is 0 Å². The van der Waals surface area contributed by atoms with Crippen molar-refractivity contribution >= 4 is 12.1 Å². The van der Waals surface area contributed by atoms with E-state index in [2.05, 4.69) is 24.3 Å². The molecule has 1 saturated heterocycles. The fraction of sp³-hybridized carbons (Fsp3) is 0.391. The third-order valence-corrected chi connectivity index (χ3v) is 5.64. The Kier molecular flexibility index (Phi) is 5.33. The molecule has 1 fully saturated rings. The fourth-order valence-corrected chi connectivity index (χ4v) is 4.28. The molecule has 0 radical (unpaired) electrons. The van der Waals surface area contributed by atoms with Gasteiger partial charge >= 0.3 is 12.1 Å². The summed E-state index contributed by atoms with van der Waals surface area (Å²) < 4.78 is 10.8. The summed E-state index contributed by atoms with van der Waals surface area (Å²) in [5, 5.41) is 0. The van der Waals surface area contributed by atoms with E-state index in [1.807, 2.05) is 24.3 Å². The molecule has 2 aliphatic rings. The number of carbonyl (C=O) groups is 2. The van der Waals surface area contributed by atoms with Crippen molar-refractivity contribution in [1.29, 1.82) is 0 Å². The smallest absolute Gasteiger partial charge is 0.409 e. The highest BCUT2D eigenvalue weighted by atomic mass is 16.6. The Morgan fingerprint density at radius 1 is 1.00 bits per heavy atom. The number of rotatable bonds is 4. The van der Waals surface area contributed by atoms with Gasteiger partial charge in [-0.05, 0) is 42.0 Å². The maximum absolute atomic E-state index is 12.7. The van der Waals surface area contributed by atoms with E-state index in [0.29, 0.717) is 26.3 Å². The van der Waals surface area contributed by atoms with Gasteiger partial charge in [0.1, 0.15) is 6.61 Å². The van der Waals surface area contributed by atoms with E-state index in [-0.39, 0.29) is 23.9 Å². The molecule has 5 nitrogen and oxygen atoms in total. The first-order valence-corrected chi connectivity index (χ1v) is 9.95. The first-order chi connectivity index (χ1) is 13.7. The normalized spacial score (nSPS) is 18.3. The molecule has 1 atom stereocenters. The lowest BCUT2D eigenvalue weighted by atomic mass is 9.98. The minimum absolute atomic E-state index is 0.0435. The predicted octanol–water partition coefficient (Wildman–Crippen LogP) is 4.21. The Balaban J connectivity index is 1.43. The summed E-state index contributed by atoms with van der Waals surface area (Å²) in [5.74, 6) is -0.435. The summed E-state index contributed by atoms with van der Waals surface area (Å²) in [6.07, 6.45) is 1.19. The van der Waals surface area contributed by atoms with Crippen LogP contribution in [-0.2, 0) is 14.3 Å². The summed E-state index contributed by atoms with van der Waals surface area (Å²) >= 11 is 0. The van der Waals surface area contributed by atoms with Crippen molar-refractivity contribution in [3.63, 3.8) is 0 Å². The van der Waals surface area contributed by atoms with Crippen LogP contribution in [0.4, 0.5) is 4.79 Å². The number of esters is 1. The number of nitrogens with zero attached hydrogens (tertiary/aromatic N) is 1. The molecule has 0 saturated carbocycles. The topological polar surface area (TPSA) is 55.8 Å². The lowest BCUT2D eigenvalue weighted by Crippen LogP contribution is -2.43. The number of likely N-dealkylation sites (tertiary alicyclic amines) is 1. The molecular formula is C23H25NO4. The number of piperidine rings is 1. The summed E-state index contributed by atoms with van der Waals surface area (Å²) in [6, 6.07) is 16.6. The molecule has 0 bridgehead atoms. The Morgan fingerprint density at radius 3 is 2.29 bits per heavy atom. The van der Waals surface area contributed by atoms with E-state index in [1.165, 1.54) is 22.3 Å². The lowest BCUT2D eigenvalue weighted by molar-refractivity contribution is -0.149. The third-order valence-electron chi connectivity index (χ3n) is 5.64. The molecular weight excluding hydrogens is 354 g/mol. The zero-order valence-electron chi connectivity index (χ0n) is 16.1. The molecule has 5 heteroatoms. The van der Waals surface area contributed by atoms with Gasteiger partial charge in [-0.1, -0.05) is 48.5 Å². The van der Waals surface area contributed by atoms with Crippen LogP contribution < -0.4 is 0 Å². The van der Waals surface area contributed by atoms with Crippen LogP contribution in [0.1, 0.15) is 36.8 Å². The number of carbonyl (C=O) groups excluding carboxylic acids is 2. The zero-order chi connectivity index (χ0) is 19.5. The Labute approximate surface area is 165 Å². The molecule has 1 aliphatic carbocycles. The number of hydrogen-bond acceptors (Lipinski definition) is 4. The van der Waals surface area contributed by atoms with Crippen LogP contribution >= 0.6 is 0 Å². The summed E-state index contributed by atoms with van der Waals surface area (Å²) in [7, 11) is 0. The Hall–Kier alpha value is -2.82. The molecule has 0 N–H and O–H groups in total. The van der Waals surface area contributed by atoms with Crippen molar-refractivity contribution in [1.82, 2.24) is 4.90 Å². The second kappa shape index (κ2) is 8.05. The monoisotopic (exact) mass is 379 g/mol. The van der Waals surface area contributed by atoms with Crippen LogP contribution in [-0.4, -0.2) is 43.3 Å². The highest BCUT2D eigenvalue weighted by molar-refractivity contribution is 5.79. The van der Waals surface area contributed by atoms with Gasteiger partial charge in [-0.2, -0.15) is 0 Å². The Morgan fingerprint density at radius 2 is 1.64 bits per heavy atom. The van der Waals surface area contributed by atoms with Gasteiger partial charge in [0, 0.05) is 19.0 Å². The van der Waals surface area contributed by atoms with Crippen molar-refractivity contribution in [2.75, 3.05) is 26.3 Å². The summed E-state index contributed by atoms with van der Waals surface area (Å²) in [4.78, 5) is 26.3. The molecule has 1 aliphatic heterocycles. The summed E-state index contributed by atoms with van der Waals surface area (Å²) in [6.45, 7) is 3.44. The van der Waals surface area contributed by atoms with Crippen molar-refractivity contribution in [3.8, 4) is 11.1 Å². The van der Waals surface area contributed by atoms with Crippen LogP contribution in [0.25, 0.3) is 11.1 Å². The van der Waals surface area contributed by atoms with E-state index in [9.17, 15) is 9.59 Å². The minimum Gasteiger partial charge on any atom is -0.466 e. The molecule has 0 aromatic heterocycles. The average molecular weight is 379 g/mol. The number of fused-ring (bicyclic) bond motifs is 3. The number of hydrogen-bond donors (Lipinski definition) is 0. The lowest BCUT2D eigenvalue weighted by Gasteiger charge is -2.31. The highest BCUT2D eigenvalue weighted by Crippen LogP contribution is 2.44. The molecule has 2 aromatic rings. The van der Waals surface area contributed by atoms with Crippen LogP contribution in [0.15, 0.2) is 48.5 Å². The van der Waals surface area contributed by atoms with Crippen LogP contribution in [0.3, 0.4) is 0 Å². The average Bonchev–Trinajstić information content (AvgIpc) is 3.06. The van der Waals surface area contributed by atoms with Gasteiger partial charge in [-0.15, -0.1) is 0 Å². The quantitative estimate of drug-likeness (QED) is 0.747. The molecule has 1 amide bonds. The van der Waals surface area contributed by atoms with Crippen LogP contribution in [0, 0.1) is 5.92 Å². The minimum atomic E-state index is -0.351. The standard InChI is InChI=1S/C23H25NO4/c1-2-27-22(25)16-8-7-13-24(14-16)23(26)28-15-21-19-11-5-3-9-17(19)18-10-4-6-12-20(18)21/h3-6,9-12,16,21H,2,7-8,13-15H2,1H3. The van der Waals surface area contributed by atoms with E-state index in [1.54, 1.807) is 11.8 Å². The molecule has 4 rings (SSSR count). The van der Waals surface area contributed by atoms with Crippen LogP contribution in [0.2, 0.25) is 0 Å². The predicted molar refractivity (Wildman–Crippen MR) is 106 cm³/mol. The second-order valence-electron chi connectivity index (χ2n) is 7.34. The molecule has 146 valence electrons. The van der Waals surface area contributed by atoms with E-state index >= 15 is 0 Å². The first kappa shape index (κ1) is 18.5. The van der Waals surface area contributed by atoms with E-state index in [0.717, 1.165) is 12.8 Å².